The van der Waals surface area contributed by atoms with Gasteiger partial charge in [-0.15, -0.1) is 0 Å². The number of methoxy groups -OCH3 is 1. The summed E-state index contributed by atoms with van der Waals surface area (Å²) in [4.78, 5) is 58.7. The SMILES string of the molecule is COc1cccc(CNC(=O)c2cc(C(=O)NCc3ccc(C(=O)N4CCNC(=O)C4)cc3)ncn2)c1. The first-order valence-electron chi connectivity index (χ1n) is 11.6. The number of rotatable bonds is 8. The van der Waals surface area contributed by atoms with Gasteiger partial charge in [-0.3, -0.25) is 19.2 Å². The van der Waals surface area contributed by atoms with Gasteiger partial charge >= 0.3 is 0 Å². The predicted molar refractivity (Wildman–Crippen MR) is 133 cm³/mol. The fourth-order valence-electron chi connectivity index (χ4n) is 3.69. The van der Waals surface area contributed by atoms with Crippen molar-refractivity contribution in [3.8, 4) is 5.75 Å². The van der Waals surface area contributed by atoms with Gasteiger partial charge in [0.1, 0.15) is 23.5 Å². The molecule has 0 unspecified atom stereocenters. The van der Waals surface area contributed by atoms with Crippen LogP contribution in [0.5, 0.6) is 5.75 Å². The Morgan fingerprint density at radius 1 is 0.946 bits per heavy atom. The van der Waals surface area contributed by atoms with Crippen molar-refractivity contribution >= 4 is 23.6 Å². The van der Waals surface area contributed by atoms with E-state index in [4.69, 9.17) is 4.74 Å². The van der Waals surface area contributed by atoms with Crippen molar-refractivity contribution in [2.45, 2.75) is 13.1 Å². The molecule has 1 aromatic heterocycles. The summed E-state index contributed by atoms with van der Waals surface area (Å²) >= 11 is 0. The normalized spacial score (nSPS) is 12.9. The fraction of sp³-hybridized carbons (Fsp3) is 0.231. The molecular weight excluding hydrogens is 476 g/mol. The molecule has 0 spiro atoms. The number of amides is 4. The van der Waals surface area contributed by atoms with Crippen LogP contribution in [0.4, 0.5) is 0 Å². The molecular formula is C26H26N6O5. The molecule has 3 N–H and O–H groups in total. The van der Waals surface area contributed by atoms with Crippen LogP contribution in [0.2, 0.25) is 0 Å². The topological polar surface area (TPSA) is 143 Å². The fourth-order valence-corrected chi connectivity index (χ4v) is 3.69. The van der Waals surface area contributed by atoms with E-state index in [1.54, 1.807) is 31.4 Å². The molecule has 190 valence electrons. The van der Waals surface area contributed by atoms with E-state index in [0.29, 0.717) is 24.4 Å². The van der Waals surface area contributed by atoms with Crippen LogP contribution in [0.1, 0.15) is 42.5 Å². The van der Waals surface area contributed by atoms with E-state index in [-0.39, 0.29) is 42.8 Å². The minimum Gasteiger partial charge on any atom is -0.497 e. The Morgan fingerprint density at radius 3 is 2.27 bits per heavy atom. The average Bonchev–Trinajstić information content (AvgIpc) is 2.94. The molecule has 11 nitrogen and oxygen atoms in total. The Labute approximate surface area is 213 Å². The summed E-state index contributed by atoms with van der Waals surface area (Å²) in [7, 11) is 1.57. The monoisotopic (exact) mass is 502 g/mol. The Morgan fingerprint density at radius 2 is 1.62 bits per heavy atom. The summed E-state index contributed by atoms with van der Waals surface area (Å²) < 4.78 is 5.18. The standard InChI is InChI=1S/C26H26N6O5/c1-37-20-4-2-3-18(11-20)14-29-25(35)22-12-21(30-16-31-22)24(34)28-13-17-5-7-19(8-6-17)26(36)32-10-9-27-23(33)15-32/h2-8,11-12,16H,9-10,13-15H2,1H3,(H,27,33)(H,28,34)(H,29,35). The van der Waals surface area contributed by atoms with Crippen molar-refractivity contribution in [1.82, 2.24) is 30.8 Å². The highest BCUT2D eigenvalue weighted by molar-refractivity contribution is 5.98. The quantitative estimate of drug-likeness (QED) is 0.416. The molecule has 1 aliphatic heterocycles. The largest absolute Gasteiger partial charge is 0.497 e. The molecule has 11 heteroatoms. The highest BCUT2D eigenvalue weighted by Gasteiger charge is 2.22. The Hall–Kier alpha value is -4.80. The summed E-state index contributed by atoms with van der Waals surface area (Å²) in [6.07, 6.45) is 1.16. The van der Waals surface area contributed by atoms with Gasteiger partial charge in [0.15, 0.2) is 0 Å². The van der Waals surface area contributed by atoms with Crippen LogP contribution in [0.3, 0.4) is 0 Å². The second kappa shape index (κ2) is 11.8. The van der Waals surface area contributed by atoms with E-state index in [1.807, 2.05) is 24.3 Å². The molecule has 4 amide bonds. The van der Waals surface area contributed by atoms with Gasteiger partial charge in [-0.25, -0.2) is 9.97 Å². The number of carbonyl (C=O) groups excluding carboxylic acids is 4. The van der Waals surface area contributed by atoms with Crippen LogP contribution in [-0.4, -0.2) is 65.2 Å². The molecule has 0 bridgehead atoms. The summed E-state index contributed by atoms with van der Waals surface area (Å²) in [6, 6.07) is 15.4. The van der Waals surface area contributed by atoms with Crippen LogP contribution in [0.25, 0.3) is 0 Å². The lowest BCUT2D eigenvalue weighted by molar-refractivity contribution is -0.123. The van der Waals surface area contributed by atoms with Gasteiger partial charge in [-0.2, -0.15) is 0 Å². The van der Waals surface area contributed by atoms with Crippen molar-refractivity contribution < 1.29 is 23.9 Å². The van der Waals surface area contributed by atoms with Crippen LogP contribution in [0.15, 0.2) is 60.9 Å². The molecule has 1 fully saturated rings. The molecule has 2 aromatic carbocycles. The van der Waals surface area contributed by atoms with Gasteiger partial charge in [-0.05, 0) is 35.4 Å². The van der Waals surface area contributed by atoms with Crippen LogP contribution in [0, 0.1) is 0 Å². The summed E-state index contributed by atoms with van der Waals surface area (Å²) in [5.74, 6) is -0.621. The second-order valence-electron chi connectivity index (χ2n) is 8.28. The van der Waals surface area contributed by atoms with Gasteiger partial charge in [0, 0.05) is 37.8 Å². The molecule has 0 atom stereocenters. The minimum absolute atomic E-state index is 0.0383. The van der Waals surface area contributed by atoms with Crippen molar-refractivity contribution in [3.05, 3.63) is 89.0 Å². The Kier molecular flexibility index (Phi) is 8.04. The zero-order chi connectivity index (χ0) is 26.2. The molecule has 0 saturated carbocycles. The zero-order valence-electron chi connectivity index (χ0n) is 20.2. The number of nitrogens with zero attached hydrogens (tertiary/aromatic N) is 3. The molecule has 3 aromatic rings. The molecule has 0 radical (unpaired) electrons. The third-order valence-electron chi connectivity index (χ3n) is 5.70. The number of piperazine rings is 1. The first kappa shape index (κ1) is 25.3. The van der Waals surface area contributed by atoms with Crippen LogP contribution < -0.4 is 20.7 Å². The number of benzene rings is 2. The molecule has 0 aliphatic carbocycles. The van der Waals surface area contributed by atoms with E-state index < -0.39 is 11.8 Å². The Bertz CT molecular complexity index is 1310. The van der Waals surface area contributed by atoms with E-state index in [2.05, 4.69) is 25.9 Å². The lowest BCUT2D eigenvalue weighted by Crippen LogP contribution is -2.49. The van der Waals surface area contributed by atoms with E-state index in [0.717, 1.165) is 17.5 Å². The average molecular weight is 503 g/mol. The highest BCUT2D eigenvalue weighted by Crippen LogP contribution is 2.13. The lowest BCUT2D eigenvalue weighted by atomic mass is 10.1. The third kappa shape index (κ3) is 6.66. The van der Waals surface area contributed by atoms with E-state index >= 15 is 0 Å². The van der Waals surface area contributed by atoms with Gasteiger partial charge in [-0.1, -0.05) is 24.3 Å². The van der Waals surface area contributed by atoms with Gasteiger partial charge in [0.05, 0.1) is 13.7 Å². The number of nitrogens with one attached hydrogen (secondary N) is 3. The van der Waals surface area contributed by atoms with Gasteiger partial charge in [0.25, 0.3) is 17.7 Å². The zero-order valence-corrected chi connectivity index (χ0v) is 20.2. The maximum Gasteiger partial charge on any atom is 0.270 e. The molecule has 2 heterocycles. The smallest absolute Gasteiger partial charge is 0.270 e. The van der Waals surface area contributed by atoms with Gasteiger partial charge in [0.2, 0.25) is 5.91 Å². The number of carbonyl (C=O) groups is 4. The third-order valence-corrected chi connectivity index (χ3v) is 5.70. The first-order chi connectivity index (χ1) is 17.9. The van der Waals surface area contributed by atoms with Crippen molar-refractivity contribution in [2.75, 3.05) is 26.7 Å². The molecule has 1 aliphatic rings. The Balaban J connectivity index is 1.30. The number of aromatic nitrogens is 2. The maximum absolute atomic E-state index is 12.6. The number of hydrogen-bond acceptors (Lipinski definition) is 7. The predicted octanol–water partition coefficient (Wildman–Crippen LogP) is 0.917. The minimum atomic E-state index is -0.469. The molecule has 37 heavy (non-hydrogen) atoms. The maximum atomic E-state index is 12.6. The molecule has 1 saturated heterocycles. The van der Waals surface area contributed by atoms with Crippen LogP contribution >= 0.6 is 0 Å². The second-order valence-corrected chi connectivity index (χ2v) is 8.28. The van der Waals surface area contributed by atoms with E-state index in [9.17, 15) is 19.2 Å². The summed E-state index contributed by atoms with van der Waals surface area (Å²) in [5, 5.41) is 8.19. The summed E-state index contributed by atoms with van der Waals surface area (Å²) in [5.41, 5.74) is 2.21. The number of ether oxygens (including phenoxy) is 1. The van der Waals surface area contributed by atoms with Crippen molar-refractivity contribution in [1.29, 1.82) is 0 Å². The molecule has 4 rings (SSSR count). The van der Waals surface area contributed by atoms with Gasteiger partial charge < -0.3 is 25.6 Å². The summed E-state index contributed by atoms with van der Waals surface area (Å²) in [6.45, 7) is 1.40. The number of hydrogen-bond donors (Lipinski definition) is 3. The lowest BCUT2D eigenvalue weighted by Gasteiger charge is -2.26. The van der Waals surface area contributed by atoms with Crippen molar-refractivity contribution in [3.63, 3.8) is 0 Å². The first-order valence-corrected chi connectivity index (χ1v) is 11.6. The van der Waals surface area contributed by atoms with Crippen molar-refractivity contribution in [2.24, 2.45) is 0 Å². The van der Waals surface area contributed by atoms with E-state index in [1.165, 1.54) is 11.0 Å². The van der Waals surface area contributed by atoms with Crippen LogP contribution in [-0.2, 0) is 17.9 Å². The highest BCUT2D eigenvalue weighted by atomic mass is 16.5.